The molecule has 1 fully saturated rings. The van der Waals surface area contributed by atoms with Crippen LogP contribution in [0.25, 0.3) is 0 Å². The van der Waals surface area contributed by atoms with Crippen molar-refractivity contribution in [2.45, 2.75) is 24.8 Å². The molecule has 0 aromatic carbocycles. The van der Waals surface area contributed by atoms with Crippen LogP contribution in [0.3, 0.4) is 0 Å². The maximum absolute atomic E-state index is 13.5. The van der Waals surface area contributed by atoms with E-state index in [0.717, 1.165) is 0 Å². The van der Waals surface area contributed by atoms with Crippen LogP contribution in [0.15, 0.2) is 0 Å². The number of likely N-dealkylation sites (tertiary alicyclic amines) is 1. The number of piperidine rings is 1. The molecule has 140 valence electrons. The molecule has 11 nitrogen and oxygen atoms in total. The molecule has 3 amide bonds. The van der Waals surface area contributed by atoms with Crippen LogP contribution < -0.4 is 16.3 Å². The highest BCUT2D eigenvalue weighted by atomic mass is 32.3. The van der Waals surface area contributed by atoms with E-state index in [1.54, 1.807) is 7.05 Å². The third-order valence-electron chi connectivity index (χ3n) is 3.01. The SMILES string of the molecule is CNCCONC(=O)[C@@H]1CC(F)(F)CCN1C(=O)NOS(=O)(=O)O. The van der Waals surface area contributed by atoms with Gasteiger partial charge < -0.3 is 10.2 Å². The van der Waals surface area contributed by atoms with Gasteiger partial charge in [-0.2, -0.15) is 13.9 Å². The Morgan fingerprint density at radius 1 is 1.38 bits per heavy atom. The van der Waals surface area contributed by atoms with Crippen LogP contribution in [0.1, 0.15) is 12.8 Å². The Morgan fingerprint density at radius 2 is 2.04 bits per heavy atom. The summed E-state index contributed by atoms with van der Waals surface area (Å²) in [6.45, 7) is -0.0980. The number of hydrogen-bond donors (Lipinski definition) is 4. The lowest BCUT2D eigenvalue weighted by Gasteiger charge is -2.37. The molecule has 0 aromatic rings. The van der Waals surface area contributed by atoms with E-state index < -0.39 is 53.7 Å². The van der Waals surface area contributed by atoms with Gasteiger partial charge in [-0.3, -0.25) is 14.2 Å². The number of carbonyl (C=O) groups excluding carboxylic acids is 2. The van der Waals surface area contributed by atoms with Crippen molar-refractivity contribution in [3.05, 3.63) is 0 Å². The fourth-order valence-corrected chi connectivity index (χ4v) is 2.08. The molecule has 0 unspecified atom stereocenters. The van der Waals surface area contributed by atoms with Crippen LogP contribution in [-0.2, 0) is 24.3 Å². The van der Waals surface area contributed by atoms with Crippen LogP contribution in [0.2, 0.25) is 0 Å². The first-order valence-corrected chi connectivity index (χ1v) is 8.09. The Morgan fingerprint density at radius 3 is 2.62 bits per heavy atom. The number of halogens is 2. The van der Waals surface area contributed by atoms with Crippen molar-refractivity contribution < 1.29 is 40.5 Å². The maximum Gasteiger partial charge on any atom is 0.418 e. The number of alkyl halides is 2. The van der Waals surface area contributed by atoms with Crippen molar-refractivity contribution in [3.8, 4) is 0 Å². The molecule has 4 N–H and O–H groups in total. The Labute approximate surface area is 136 Å². The zero-order valence-corrected chi connectivity index (χ0v) is 13.4. The molecule has 1 rings (SSSR count). The molecule has 0 saturated carbocycles. The Kier molecular flexibility index (Phi) is 7.22. The van der Waals surface area contributed by atoms with Gasteiger partial charge in [0.25, 0.3) is 11.8 Å². The van der Waals surface area contributed by atoms with Crippen molar-refractivity contribution in [1.82, 2.24) is 21.2 Å². The van der Waals surface area contributed by atoms with E-state index in [2.05, 4.69) is 9.60 Å². The van der Waals surface area contributed by atoms with E-state index in [9.17, 15) is 26.8 Å². The third kappa shape index (κ3) is 6.88. The standard InChI is InChI=1S/C10H18F2N4O7S/c1-13-3-5-22-14-8(17)7-6-10(11,12)2-4-16(7)9(18)15-23-24(19,20)21/h7,13H,2-6H2,1H3,(H,14,17)(H,15,18)(H,19,20,21)/t7-/m0/s1. The minimum atomic E-state index is -4.98. The molecule has 24 heavy (non-hydrogen) atoms. The van der Waals surface area contributed by atoms with Gasteiger partial charge in [-0.05, 0) is 7.05 Å². The largest absolute Gasteiger partial charge is 0.418 e. The van der Waals surface area contributed by atoms with Gasteiger partial charge in [-0.15, -0.1) is 4.28 Å². The molecule has 1 heterocycles. The molecule has 0 bridgehead atoms. The van der Waals surface area contributed by atoms with E-state index >= 15 is 0 Å². The normalized spacial score (nSPS) is 20.5. The molecule has 1 saturated heterocycles. The van der Waals surface area contributed by atoms with E-state index in [-0.39, 0.29) is 6.61 Å². The van der Waals surface area contributed by atoms with Crippen LogP contribution in [0.4, 0.5) is 13.6 Å². The minimum absolute atomic E-state index is 0.0589. The first-order chi connectivity index (χ1) is 11.1. The predicted molar refractivity (Wildman–Crippen MR) is 73.9 cm³/mol. The van der Waals surface area contributed by atoms with Crippen LogP contribution in [0, 0.1) is 0 Å². The Bertz CT molecular complexity index is 559. The van der Waals surface area contributed by atoms with Gasteiger partial charge in [0.1, 0.15) is 6.04 Å². The van der Waals surface area contributed by atoms with Crippen molar-refractivity contribution in [3.63, 3.8) is 0 Å². The molecule has 0 spiro atoms. The van der Waals surface area contributed by atoms with Gasteiger partial charge in [0, 0.05) is 25.9 Å². The Hall–Kier alpha value is -1.61. The van der Waals surface area contributed by atoms with E-state index in [1.165, 1.54) is 5.48 Å². The summed E-state index contributed by atoms with van der Waals surface area (Å²) in [5.74, 6) is -4.19. The number of rotatable bonds is 7. The summed E-state index contributed by atoms with van der Waals surface area (Å²) in [5, 5.41) is 2.72. The van der Waals surface area contributed by atoms with Crippen LogP contribution in [0.5, 0.6) is 0 Å². The molecule has 14 heteroatoms. The summed E-state index contributed by atoms with van der Waals surface area (Å²) < 4.78 is 59.9. The highest BCUT2D eigenvalue weighted by Gasteiger charge is 2.45. The molecular weight excluding hydrogens is 358 g/mol. The quantitative estimate of drug-likeness (QED) is 0.246. The topological polar surface area (TPSA) is 146 Å². The zero-order chi connectivity index (χ0) is 18.4. The molecule has 0 aliphatic carbocycles. The lowest BCUT2D eigenvalue weighted by atomic mass is 9.98. The zero-order valence-electron chi connectivity index (χ0n) is 12.6. The second kappa shape index (κ2) is 8.48. The summed E-state index contributed by atoms with van der Waals surface area (Å²) in [4.78, 5) is 29.1. The van der Waals surface area contributed by atoms with Gasteiger partial charge in [0.2, 0.25) is 0 Å². The highest BCUT2D eigenvalue weighted by Crippen LogP contribution is 2.32. The molecular formula is C10H18F2N4O7S. The first kappa shape index (κ1) is 20.4. The van der Waals surface area contributed by atoms with Gasteiger partial charge in [-0.1, -0.05) is 0 Å². The lowest BCUT2D eigenvalue weighted by Crippen LogP contribution is -2.58. The molecule has 1 aliphatic rings. The number of likely N-dealkylation sites (N-methyl/N-ethyl adjacent to an activating group) is 1. The van der Waals surface area contributed by atoms with Crippen molar-refractivity contribution in [2.24, 2.45) is 0 Å². The minimum Gasteiger partial charge on any atom is -0.317 e. The predicted octanol–water partition coefficient (Wildman–Crippen LogP) is -1.20. The summed E-state index contributed by atoms with van der Waals surface area (Å²) in [7, 11) is -3.34. The monoisotopic (exact) mass is 376 g/mol. The fourth-order valence-electron chi connectivity index (χ4n) is 1.90. The number of nitrogens with zero attached hydrogens (tertiary/aromatic N) is 1. The number of urea groups is 1. The van der Waals surface area contributed by atoms with Gasteiger partial charge in [0.15, 0.2) is 0 Å². The molecule has 0 aromatic heterocycles. The summed E-state index contributed by atoms with van der Waals surface area (Å²) >= 11 is 0. The van der Waals surface area contributed by atoms with Gasteiger partial charge in [0.05, 0.1) is 6.61 Å². The highest BCUT2D eigenvalue weighted by molar-refractivity contribution is 7.80. The summed E-state index contributed by atoms with van der Waals surface area (Å²) in [6.07, 6.45) is -1.70. The number of hydrogen-bond acceptors (Lipinski definition) is 7. The van der Waals surface area contributed by atoms with Crippen LogP contribution in [-0.4, -0.2) is 68.5 Å². The number of nitrogens with one attached hydrogen (secondary N) is 3. The van der Waals surface area contributed by atoms with Gasteiger partial charge in [-0.25, -0.2) is 19.1 Å². The maximum atomic E-state index is 13.5. The van der Waals surface area contributed by atoms with Gasteiger partial charge >= 0.3 is 16.4 Å². The summed E-state index contributed by atoms with van der Waals surface area (Å²) in [6, 6.07) is -2.90. The van der Waals surface area contributed by atoms with Crippen molar-refractivity contribution >= 4 is 22.3 Å². The van der Waals surface area contributed by atoms with Crippen LogP contribution >= 0.6 is 0 Å². The average molecular weight is 376 g/mol. The molecule has 1 atom stereocenters. The number of carbonyl (C=O) groups is 2. The first-order valence-electron chi connectivity index (χ1n) is 6.72. The second-order valence-corrected chi connectivity index (χ2v) is 5.88. The molecule has 1 aliphatic heterocycles. The van der Waals surface area contributed by atoms with E-state index in [4.69, 9.17) is 9.39 Å². The molecule has 0 radical (unpaired) electrons. The third-order valence-corrected chi connectivity index (χ3v) is 3.31. The fraction of sp³-hybridized carbons (Fsp3) is 0.800. The average Bonchev–Trinajstić information content (AvgIpc) is 2.47. The van der Waals surface area contributed by atoms with Crippen molar-refractivity contribution in [1.29, 1.82) is 0 Å². The summed E-state index contributed by atoms with van der Waals surface area (Å²) in [5.41, 5.74) is 3.29. The van der Waals surface area contributed by atoms with E-state index in [1.807, 2.05) is 5.48 Å². The number of amides is 3. The second-order valence-electron chi connectivity index (χ2n) is 4.86. The lowest BCUT2D eigenvalue weighted by molar-refractivity contribution is -0.146. The Balaban J connectivity index is 2.72. The number of hydroxylamine groups is 2. The van der Waals surface area contributed by atoms with Crippen molar-refractivity contribution in [2.75, 3.05) is 26.7 Å². The van der Waals surface area contributed by atoms with E-state index in [0.29, 0.717) is 11.4 Å². The smallest absolute Gasteiger partial charge is 0.317 e.